The van der Waals surface area contributed by atoms with E-state index in [0.29, 0.717) is 12.0 Å². The van der Waals surface area contributed by atoms with Gasteiger partial charge in [0.25, 0.3) is 0 Å². The maximum absolute atomic E-state index is 9.32. The summed E-state index contributed by atoms with van der Waals surface area (Å²) in [4.78, 5) is 0. The minimum atomic E-state index is -0.0655. The topological polar surface area (TPSA) is 32.3 Å². The fraction of sp³-hybridized carbons (Fsp3) is 0.625. The van der Waals surface area contributed by atoms with Gasteiger partial charge in [0.15, 0.2) is 0 Å². The second-order valence-electron chi connectivity index (χ2n) is 6.30. The summed E-state index contributed by atoms with van der Waals surface area (Å²) >= 11 is 0. The molecule has 0 amide bonds. The fourth-order valence-corrected chi connectivity index (χ4v) is 1.95. The van der Waals surface area contributed by atoms with Gasteiger partial charge < -0.3 is 10.4 Å². The maximum Gasteiger partial charge on any atom is 0.0494 e. The van der Waals surface area contributed by atoms with Gasteiger partial charge in [-0.05, 0) is 17.9 Å². The monoisotopic (exact) mass is 249 g/mol. The van der Waals surface area contributed by atoms with Crippen molar-refractivity contribution in [3.05, 3.63) is 35.9 Å². The van der Waals surface area contributed by atoms with Crippen LogP contribution >= 0.6 is 0 Å². The first-order chi connectivity index (χ1) is 8.44. The molecule has 0 aliphatic carbocycles. The van der Waals surface area contributed by atoms with Crippen LogP contribution in [-0.4, -0.2) is 18.3 Å². The molecular formula is C16H27NO. The van der Waals surface area contributed by atoms with Crippen LogP contribution in [0, 0.1) is 11.3 Å². The largest absolute Gasteiger partial charge is 0.396 e. The first kappa shape index (κ1) is 15.2. The highest BCUT2D eigenvalue weighted by atomic mass is 16.3. The zero-order valence-electron chi connectivity index (χ0n) is 12.1. The maximum atomic E-state index is 9.32. The normalized spacial score (nSPS) is 13.9. The lowest BCUT2D eigenvalue weighted by Crippen LogP contribution is -2.35. The first-order valence-corrected chi connectivity index (χ1v) is 6.84. The Hall–Kier alpha value is -0.860. The Morgan fingerprint density at radius 2 is 1.78 bits per heavy atom. The molecule has 0 saturated heterocycles. The summed E-state index contributed by atoms with van der Waals surface area (Å²) in [5.41, 5.74) is 1.27. The molecule has 0 spiro atoms. The number of benzene rings is 1. The van der Waals surface area contributed by atoms with Gasteiger partial charge in [-0.2, -0.15) is 0 Å². The second-order valence-corrected chi connectivity index (χ2v) is 6.30. The number of hydrogen-bond donors (Lipinski definition) is 2. The van der Waals surface area contributed by atoms with Gasteiger partial charge in [0.1, 0.15) is 0 Å². The minimum Gasteiger partial charge on any atom is -0.396 e. The highest BCUT2D eigenvalue weighted by Crippen LogP contribution is 2.23. The third kappa shape index (κ3) is 5.19. The second kappa shape index (κ2) is 6.91. The standard InChI is InChI=1S/C16H27NO/c1-13(2)10-15(14-8-6-5-7-9-14)17-11-16(3,4)12-18/h5-9,13,15,17-18H,10-12H2,1-4H3. The molecule has 0 saturated carbocycles. The molecule has 1 aromatic rings. The lowest BCUT2D eigenvalue weighted by molar-refractivity contribution is 0.151. The van der Waals surface area contributed by atoms with Gasteiger partial charge in [0.05, 0.1) is 0 Å². The van der Waals surface area contributed by atoms with Gasteiger partial charge in [-0.15, -0.1) is 0 Å². The molecule has 2 heteroatoms. The summed E-state index contributed by atoms with van der Waals surface area (Å²) in [6.45, 7) is 9.69. The van der Waals surface area contributed by atoms with Crippen LogP contribution in [0.2, 0.25) is 0 Å². The Morgan fingerprint density at radius 1 is 1.17 bits per heavy atom. The molecule has 0 radical (unpaired) electrons. The summed E-state index contributed by atoms with van der Waals surface area (Å²) in [5.74, 6) is 0.653. The van der Waals surface area contributed by atoms with Gasteiger partial charge >= 0.3 is 0 Å². The van der Waals surface area contributed by atoms with Crippen LogP contribution < -0.4 is 5.32 Å². The van der Waals surface area contributed by atoms with Crippen LogP contribution in [0.1, 0.15) is 45.7 Å². The Balaban J connectivity index is 2.68. The zero-order chi connectivity index (χ0) is 13.6. The molecule has 1 aromatic carbocycles. The Labute approximate surface area is 111 Å². The molecule has 1 unspecified atom stereocenters. The highest BCUT2D eigenvalue weighted by Gasteiger charge is 2.20. The molecule has 2 N–H and O–H groups in total. The van der Waals surface area contributed by atoms with E-state index in [2.05, 4.69) is 57.3 Å². The third-order valence-electron chi connectivity index (χ3n) is 3.16. The molecule has 0 bridgehead atoms. The molecule has 0 heterocycles. The summed E-state index contributed by atoms with van der Waals surface area (Å²) in [7, 11) is 0. The average molecular weight is 249 g/mol. The van der Waals surface area contributed by atoms with Crippen LogP contribution in [0.15, 0.2) is 30.3 Å². The van der Waals surface area contributed by atoms with Crippen molar-refractivity contribution in [1.82, 2.24) is 5.32 Å². The molecule has 102 valence electrons. The molecular weight excluding hydrogens is 222 g/mol. The molecule has 0 aromatic heterocycles. The summed E-state index contributed by atoms with van der Waals surface area (Å²) in [5, 5.41) is 12.9. The summed E-state index contributed by atoms with van der Waals surface area (Å²) in [6, 6.07) is 10.9. The fourth-order valence-electron chi connectivity index (χ4n) is 1.95. The van der Waals surface area contributed by atoms with Crippen molar-refractivity contribution >= 4 is 0 Å². The molecule has 0 fully saturated rings. The SMILES string of the molecule is CC(C)CC(NCC(C)(C)CO)c1ccccc1. The lowest BCUT2D eigenvalue weighted by Gasteiger charge is -2.28. The molecule has 1 atom stereocenters. The van der Waals surface area contributed by atoms with Gasteiger partial charge in [0, 0.05) is 24.6 Å². The van der Waals surface area contributed by atoms with Crippen molar-refractivity contribution in [2.45, 2.75) is 40.2 Å². The van der Waals surface area contributed by atoms with Crippen LogP contribution in [0.3, 0.4) is 0 Å². The highest BCUT2D eigenvalue weighted by molar-refractivity contribution is 5.19. The number of rotatable bonds is 7. The third-order valence-corrected chi connectivity index (χ3v) is 3.16. The van der Waals surface area contributed by atoms with E-state index in [9.17, 15) is 5.11 Å². The van der Waals surface area contributed by atoms with Crippen molar-refractivity contribution < 1.29 is 5.11 Å². The van der Waals surface area contributed by atoms with Crippen molar-refractivity contribution in [2.75, 3.05) is 13.2 Å². The summed E-state index contributed by atoms with van der Waals surface area (Å²) in [6.07, 6.45) is 1.12. The van der Waals surface area contributed by atoms with E-state index < -0.39 is 0 Å². The van der Waals surface area contributed by atoms with Crippen LogP contribution in [0.25, 0.3) is 0 Å². The molecule has 2 nitrogen and oxygen atoms in total. The number of aliphatic hydroxyl groups is 1. The summed E-state index contributed by atoms with van der Waals surface area (Å²) < 4.78 is 0. The molecule has 0 aliphatic heterocycles. The number of aliphatic hydroxyl groups excluding tert-OH is 1. The van der Waals surface area contributed by atoms with E-state index in [0.717, 1.165) is 13.0 Å². The van der Waals surface area contributed by atoms with Gasteiger partial charge in [-0.3, -0.25) is 0 Å². The quantitative estimate of drug-likeness (QED) is 0.776. The number of hydrogen-bond acceptors (Lipinski definition) is 2. The van der Waals surface area contributed by atoms with E-state index in [-0.39, 0.29) is 12.0 Å². The minimum absolute atomic E-state index is 0.0655. The van der Waals surface area contributed by atoms with Gasteiger partial charge in [-0.1, -0.05) is 58.0 Å². The zero-order valence-corrected chi connectivity index (χ0v) is 12.1. The van der Waals surface area contributed by atoms with E-state index >= 15 is 0 Å². The lowest BCUT2D eigenvalue weighted by atomic mass is 9.92. The van der Waals surface area contributed by atoms with E-state index in [4.69, 9.17) is 0 Å². The smallest absolute Gasteiger partial charge is 0.0494 e. The molecule has 18 heavy (non-hydrogen) atoms. The average Bonchev–Trinajstić information content (AvgIpc) is 2.35. The van der Waals surface area contributed by atoms with Crippen molar-refractivity contribution in [3.63, 3.8) is 0 Å². The molecule has 0 aliphatic rings. The Bertz CT molecular complexity index is 332. The van der Waals surface area contributed by atoms with Crippen molar-refractivity contribution in [3.8, 4) is 0 Å². The molecule has 1 rings (SSSR count). The van der Waals surface area contributed by atoms with Crippen LogP contribution in [0.5, 0.6) is 0 Å². The van der Waals surface area contributed by atoms with E-state index in [1.165, 1.54) is 5.56 Å². The Kier molecular flexibility index (Phi) is 5.83. The van der Waals surface area contributed by atoms with E-state index in [1.807, 2.05) is 6.07 Å². The number of nitrogens with one attached hydrogen (secondary N) is 1. The van der Waals surface area contributed by atoms with Crippen LogP contribution in [-0.2, 0) is 0 Å². The predicted octanol–water partition coefficient (Wildman–Crippen LogP) is 3.38. The van der Waals surface area contributed by atoms with Crippen LogP contribution in [0.4, 0.5) is 0 Å². The van der Waals surface area contributed by atoms with Gasteiger partial charge in [-0.25, -0.2) is 0 Å². The van der Waals surface area contributed by atoms with E-state index in [1.54, 1.807) is 0 Å². The Morgan fingerprint density at radius 3 is 2.28 bits per heavy atom. The van der Waals surface area contributed by atoms with Crippen molar-refractivity contribution in [2.24, 2.45) is 11.3 Å². The van der Waals surface area contributed by atoms with Gasteiger partial charge in [0.2, 0.25) is 0 Å². The van der Waals surface area contributed by atoms with Crippen molar-refractivity contribution in [1.29, 1.82) is 0 Å². The predicted molar refractivity (Wildman–Crippen MR) is 77.5 cm³/mol. The first-order valence-electron chi connectivity index (χ1n) is 6.84.